The summed E-state index contributed by atoms with van der Waals surface area (Å²) in [7, 11) is 0. The summed E-state index contributed by atoms with van der Waals surface area (Å²) in [4.78, 5) is 11.9. The Bertz CT molecular complexity index is 656. The first-order valence-corrected chi connectivity index (χ1v) is 6.57. The zero-order valence-corrected chi connectivity index (χ0v) is 12.6. The third kappa shape index (κ3) is 3.75. The quantitative estimate of drug-likeness (QED) is 0.881. The molecule has 6 nitrogen and oxygen atoms in total. The van der Waals surface area contributed by atoms with E-state index in [4.69, 9.17) is 15.0 Å². The van der Waals surface area contributed by atoms with Gasteiger partial charge in [0.05, 0.1) is 11.8 Å². The van der Waals surface area contributed by atoms with Crippen LogP contribution in [0.15, 0.2) is 28.9 Å². The molecule has 2 aromatic rings. The highest BCUT2D eigenvalue weighted by Crippen LogP contribution is 2.29. The van der Waals surface area contributed by atoms with Crippen molar-refractivity contribution in [3.05, 3.63) is 30.0 Å². The van der Waals surface area contributed by atoms with E-state index in [0.717, 1.165) is 11.1 Å². The number of nitrogens with zero attached hydrogens (tertiary/aromatic N) is 1. The van der Waals surface area contributed by atoms with Crippen LogP contribution in [0.5, 0.6) is 0 Å². The molecule has 0 radical (unpaired) electrons. The lowest BCUT2D eigenvalue weighted by atomic mass is 10.1. The van der Waals surface area contributed by atoms with E-state index in [1.165, 1.54) is 6.20 Å². The third-order valence-corrected chi connectivity index (χ3v) is 2.78. The first-order chi connectivity index (χ1) is 9.76. The summed E-state index contributed by atoms with van der Waals surface area (Å²) < 4.78 is 10.1. The van der Waals surface area contributed by atoms with E-state index >= 15 is 0 Å². The molecular formula is C15H19N3O3. The first-order valence-electron chi connectivity index (χ1n) is 6.57. The molecule has 0 saturated carbocycles. The van der Waals surface area contributed by atoms with Gasteiger partial charge in [0.15, 0.2) is 0 Å². The number of ether oxygens (including phenoxy) is 1. The molecule has 0 fully saturated rings. The number of rotatable bonds is 2. The fourth-order valence-electron chi connectivity index (χ4n) is 1.80. The highest BCUT2D eigenvalue weighted by Gasteiger charge is 2.17. The fraction of sp³-hybridized carbons (Fsp3) is 0.333. The second kappa shape index (κ2) is 5.47. The van der Waals surface area contributed by atoms with Gasteiger partial charge in [-0.1, -0.05) is 17.3 Å². The van der Waals surface area contributed by atoms with Crippen molar-refractivity contribution in [1.82, 2.24) is 5.16 Å². The predicted octanol–water partition coefficient (Wildman–Crippen LogP) is 3.58. The highest BCUT2D eigenvalue weighted by molar-refractivity contribution is 5.88. The minimum Gasteiger partial charge on any atom is -0.444 e. The number of nitrogens with one attached hydrogen (secondary N) is 1. The van der Waals surface area contributed by atoms with Gasteiger partial charge in [0.2, 0.25) is 5.88 Å². The molecule has 1 heterocycles. The van der Waals surface area contributed by atoms with Crippen LogP contribution < -0.4 is 11.1 Å². The Hall–Kier alpha value is -2.50. The molecule has 1 amide bonds. The first kappa shape index (κ1) is 14.9. The normalized spacial score (nSPS) is 11.2. The molecule has 0 saturated heterocycles. The van der Waals surface area contributed by atoms with Crippen molar-refractivity contribution in [2.75, 3.05) is 11.1 Å². The molecule has 3 N–H and O–H groups in total. The number of anilines is 2. The Morgan fingerprint density at radius 2 is 2.10 bits per heavy atom. The number of carbonyl (C=O) groups is 1. The summed E-state index contributed by atoms with van der Waals surface area (Å²) in [5, 5.41) is 6.38. The average molecular weight is 289 g/mol. The summed E-state index contributed by atoms with van der Waals surface area (Å²) in [5.74, 6) is 0.238. The predicted molar refractivity (Wildman–Crippen MR) is 80.9 cm³/mol. The van der Waals surface area contributed by atoms with Gasteiger partial charge in [-0.2, -0.15) is 0 Å². The van der Waals surface area contributed by atoms with Crippen molar-refractivity contribution in [2.24, 2.45) is 0 Å². The van der Waals surface area contributed by atoms with E-state index in [2.05, 4.69) is 10.5 Å². The smallest absolute Gasteiger partial charge is 0.412 e. The second-order valence-corrected chi connectivity index (χ2v) is 5.76. The van der Waals surface area contributed by atoms with Crippen molar-refractivity contribution in [3.8, 4) is 11.1 Å². The maximum absolute atomic E-state index is 11.9. The van der Waals surface area contributed by atoms with Crippen molar-refractivity contribution in [2.45, 2.75) is 33.3 Å². The Labute approximate surface area is 123 Å². The minimum atomic E-state index is -0.547. The lowest BCUT2D eigenvalue weighted by Crippen LogP contribution is -2.27. The Morgan fingerprint density at radius 1 is 1.38 bits per heavy atom. The van der Waals surface area contributed by atoms with E-state index in [-0.39, 0.29) is 5.88 Å². The van der Waals surface area contributed by atoms with Crippen molar-refractivity contribution >= 4 is 17.7 Å². The maximum atomic E-state index is 11.9. The van der Waals surface area contributed by atoms with Crippen LogP contribution in [0.1, 0.15) is 26.3 Å². The molecule has 1 aromatic carbocycles. The Morgan fingerprint density at radius 3 is 2.67 bits per heavy atom. The maximum Gasteiger partial charge on any atom is 0.412 e. The topological polar surface area (TPSA) is 90.4 Å². The second-order valence-electron chi connectivity index (χ2n) is 5.76. The van der Waals surface area contributed by atoms with E-state index in [1.807, 2.05) is 45.9 Å². The van der Waals surface area contributed by atoms with Crippen molar-refractivity contribution in [1.29, 1.82) is 0 Å². The molecule has 0 aliphatic heterocycles. The van der Waals surface area contributed by atoms with Crippen LogP contribution in [0.4, 0.5) is 16.4 Å². The molecule has 0 spiro atoms. The van der Waals surface area contributed by atoms with Gasteiger partial charge in [-0.25, -0.2) is 4.79 Å². The number of nitrogen functional groups attached to an aromatic ring is 1. The van der Waals surface area contributed by atoms with Gasteiger partial charge < -0.3 is 15.0 Å². The average Bonchev–Trinajstić information content (AvgIpc) is 2.76. The summed E-state index contributed by atoms with van der Waals surface area (Å²) >= 11 is 0. The molecule has 2 rings (SSSR count). The van der Waals surface area contributed by atoms with Crippen LogP contribution >= 0.6 is 0 Å². The number of aryl methyl sites for hydroxylation is 1. The molecular weight excluding hydrogens is 270 g/mol. The van der Waals surface area contributed by atoms with Gasteiger partial charge in [-0.3, -0.25) is 5.32 Å². The molecule has 0 atom stereocenters. The van der Waals surface area contributed by atoms with E-state index in [1.54, 1.807) is 0 Å². The standard InChI is InChI=1S/C15H19N3O3/c1-9-5-6-10(11-8-17-21-13(11)16)7-12(9)18-14(19)20-15(2,3)4/h5-8H,16H2,1-4H3,(H,18,19). The van der Waals surface area contributed by atoms with Gasteiger partial charge in [-0.15, -0.1) is 0 Å². The lowest BCUT2D eigenvalue weighted by molar-refractivity contribution is 0.0636. The number of amides is 1. The molecule has 0 unspecified atom stereocenters. The molecule has 0 aliphatic carbocycles. The number of benzene rings is 1. The third-order valence-electron chi connectivity index (χ3n) is 2.78. The van der Waals surface area contributed by atoms with E-state index < -0.39 is 11.7 Å². The SMILES string of the molecule is Cc1ccc(-c2cnoc2N)cc1NC(=O)OC(C)(C)C. The van der Waals surface area contributed by atoms with Crippen molar-refractivity contribution in [3.63, 3.8) is 0 Å². The van der Waals surface area contributed by atoms with Crippen LogP contribution in [0.2, 0.25) is 0 Å². The number of aromatic nitrogens is 1. The monoisotopic (exact) mass is 289 g/mol. The van der Waals surface area contributed by atoms with Crippen LogP contribution in [0, 0.1) is 6.92 Å². The number of nitrogens with two attached hydrogens (primary N) is 1. The Kier molecular flexibility index (Phi) is 3.88. The summed E-state index contributed by atoms with van der Waals surface area (Å²) in [5.41, 5.74) is 8.22. The zero-order chi connectivity index (χ0) is 15.6. The lowest BCUT2D eigenvalue weighted by Gasteiger charge is -2.20. The minimum absolute atomic E-state index is 0.238. The van der Waals surface area contributed by atoms with Crippen LogP contribution in [0.3, 0.4) is 0 Å². The molecule has 0 bridgehead atoms. The largest absolute Gasteiger partial charge is 0.444 e. The molecule has 6 heteroatoms. The van der Waals surface area contributed by atoms with Gasteiger partial charge in [0, 0.05) is 5.69 Å². The van der Waals surface area contributed by atoms with E-state index in [0.29, 0.717) is 11.3 Å². The molecule has 112 valence electrons. The van der Waals surface area contributed by atoms with Crippen LogP contribution in [-0.2, 0) is 4.74 Å². The summed E-state index contributed by atoms with van der Waals surface area (Å²) in [6.45, 7) is 7.34. The Balaban J connectivity index is 2.24. The van der Waals surface area contributed by atoms with E-state index in [9.17, 15) is 4.79 Å². The summed E-state index contributed by atoms with van der Waals surface area (Å²) in [6, 6.07) is 5.58. The van der Waals surface area contributed by atoms with Gasteiger partial charge in [0.25, 0.3) is 0 Å². The number of hydrogen-bond acceptors (Lipinski definition) is 5. The molecule has 1 aromatic heterocycles. The van der Waals surface area contributed by atoms with Gasteiger partial charge in [-0.05, 0) is 44.9 Å². The summed E-state index contributed by atoms with van der Waals surface area (Å²) in [6.07, 6.45) is 1.04. The van der Waals surface area contributed by atoms with Gasteiger partial charge in [0.1, 0.15) is 5.60 Å². The zero-order valence-electron chi connectivity index (χ0n) is 12.6. The molecule has 21 heavy (non-hydrogen) atoms. The van der Waals surface area contributed by atoms with Gasteiger partial charge >= 0.3 is 6.09 Å². The molecule has 0 aliphatic rings. The van der Waals surface area contributed by atoms with Crippen LogP contribution in [-0.4, -0.2) is 16.9 Å². The van der Waals surface area contributed by atoms with Crippen LogP contribution in [0.25, 0.3) is 11.1 Å². The number of carbonyl (C=O) groups excluding carboxylic acids is 1. The fourth-order valence-corrected chi connectivity index (χ4v) is 1.80. The van der Waals surface area contributed by atoms with Crippen molar-refractivity contribution < 1.29 is 14.1 Å². The number of hydrogen-bond donors (Lipinski definition) is 2. The highest BCUT2D eigenvalue weighted by atomic mass is 16.6.